The third-order valence-electron chi connectivity index (χ3n) is 4.51. The van der Waals surface area contributed by atoms with Crippen molar-refractivity contribution in [2.45, 2.75) is 12.8 Å². The molecule has 2 aromatic heterocycles. The molecule has 2 aromatic rings. The van der Waals surface area contributed by atoms with Gasteiger partial charge in [-0.05, 0) is 0 Å². The van der Waals surface area contributed by atoms with Crippen molar-refractivity contribution in [3.8, 4) is 0 Å². The topological polar surface area (TPSA) is 97.2 Å². The minimum Gasteiger partial charge on any atom is -0.394 e. The first-order valence-corrected chi connectivity index (χ1v) is 9.43. The lowest BCUT2D eigenvalue weighted by Crippen LogP contribution is -2.47. The fraction of sp³-hybridized carbons (Fsp3) is 0.667. The van der Waals surface area contributed by atoms with E-state index in [4.69, 9.17) is 23.6 Å². The molecule has 0 radical (unpaired) electrons. The maximum atomic E-state index is 8.60. The van der Waals surface area contributed by atoms with Crippen molar-refractivity contribution in [1.29, 1.82) is 0 Å². The summed E-state index contributed by atoms with van der Waals surface area (Å²) in [6.07, 6.45) is 3.19. The SMILES string of the molecule is OCCOCCOCCc1cc(CCN2CCN(c3ccon3)CC2)on1. The summed E-state index contributed by atoms with van der Waals surface area (Å²) in [6.45, 7) is 6.85. The number of rotatable bonds is 12. The number of hydrogen-bond donors (Lipinski definition) is 1. The number of aliphatic hydroxyl groups is 1. The van der Waals surface area contributed by atoms with Crippen molar-refractivity contribution in [3.05, 3.63) is 29.9 Å². The first kappa shape index (κ1) is 19.8. The molecule has 1 aliphatic rings. The Hall–Kier alpha value is -1.94. The van der Waals surface area contributed by atoms with Gasteiger partial charge in [-0.25, -0.2) is 0 Å². The van der Waals surface area contributed by atoms with E-state index in [-0.39, 0.29) is 6.61 Å². The molecule has 0 saturated carbocycles. The average molecular weight is 380 g/mol. The van der Waals surface area contributed by atoms with Crippen LogP contribution in [-0.4, -0.2) is 86.1 Å². The number of anilines is 1. The highest BCUT2D eigenvalue weighted by molar-refractivity contribution is 5.36. The van der Waals surface area contributed by atoms with Crippen LogP contribution in [0.4, 0.5) is 5.82 Å². The molecule has 3 rings (SSSR count). The van der Waals surface area contributed by atoms with Crippen molar-refractivity contribution in [2.75, 3.05) is 70.7 Å². The first-order chi connectivity index (χ1) is 13.3. The maximum Gasteiger partial charge on any atom is 0.172 e. The smallest absolute Gasteiger partial charge is 0.172 e. The molecule has 9 nitrogen and oxygen atoms in total. The molecular formula is C18H28N4O5. The molecule has 1 saturated heterocycles. The van der Waals surface area contributed by atoms with Gasteiger partial charge < -0.3 is 28.5 Å². The Morgan fingerprint density at radius 3 is 2.56 bits per heavy atom. The van der Waals surface area contributed by atoms with Crippen LogP contribution in [-0.2, 0) is 22.3 Å². The Morgan fingerprint density at radius 2 is 1.81 bits per heavy atom. The summed E-state index contributed by atoms with van der Waals surface area (Å²) in [4.78, 5) is 4.66. The van der Waals surface area contributed by atoms with Crippen molar-refractivity contribution in [3.63, 3.8) is 0 Å². The third kappa shape index (κ3) is 6.62. The van der Waals surface area contributed by atoms with E-state index in [2.05, 4.69) is 20.1 Å². The van der Waals surface area contributed by atoms with Gasteiger partial charge >= 0.3 is 0 Å². The normalized spacial score (nSPS) is 15.5. The zero-order chi connectivity index (χ0) is 18.7. The zero-order valence-electron chi connectivity index (χ0n) is 15.6. The summed E-state index contributed by atoms with van der Waals surface area (Å²) < 4.78 is 20.9. The Kier molecular flexibility index (Phi) is 8.09. The summed E-state index contributed by atoms with van der Waals surface area (Å²) in [5, 5.41) is 16.7. The molecule has 0 bridgehead atoms. The second kappa shape index (κ2) is 11.0. The second-order valence-corrected chi connectivity index (χ2v) is 6.42. The number of hydrogen-bond acceptors (Lipinski definition) is 9. The molecule has 0 aliphatic carbocycles. The van der Waals surface area contributed by atoms with E-state index in [1.807, 2.05) is 12.1 Å². The highest BCUT2D eigenvalue weighted by Crippen LogP contribution is 2.14. The fourth-order valence-electron chi connectivity index (χ4n) is 2.99. The maximum absolute atomic E-state index is 8.60. The summed E-state index contributed by atoms with van der Waals surface area (Å²) in [5.41, 5.74) is 0.914. The zero-order valence-corrected chi connectivity index (χ0v) is 15.6. The lowest BCUT2D eigenvalue weighted by Gasteiger charge is -2.34. The van der Waals surface area contributed by atoms with Gasteiger partial charge in [-0.3, -0.25) is 4.90 Å². The molecule has 3 heterocycles. The molecule has 9 heteroatoms. The van der Waals surface area contributed by atoms with Gasteiger partial charge in [0, 0.05) is 57.7 Å². The lowest BCUT2D eigenvalue weighted by molar-refractivity contribution is 0.0338. The van der Waals surface area contributed by atoms with E-state index in [1.54, 1.807) is 6.26 Å². The van der Waals surface area contributed by atoms with Gasteiger partial charge in [0.2, 0.25) is 0 Å². The van der Waals surface area contributed by atoms with E-state index in [0.29, 0.717) is 26.4 Å². The molecule has 0 aromatic carbocycles. The standard InChI is InChI=1S/C18H28N4O5/c23-9-12-25-14-13-24-10-2-16-15-17(27-19-16)1-4-21-5-7-22(8-6-21)18-3-11-26-20-18/h3,11,15,23H,1-2,4-10,12-14H2. The summed E-state index contributed by atoms with van der Waals surface area (Å²) in [7, 11) is 0. The van der Waals surface area contributed by atoms with Crippen molar-refractivity contribution in [2.24, 2.45) is 0 Å². The molecular weight excluding hydrogens is 352 g/mol. The monoisotopic (exact) mass is 380 g/mol. The molecule has 0 spiro atoms. The number of aromatic nitrogens is 2. The second-order valence-electron chi connectivity index (χ2n) is 6.42. The molecule has 0 unspecified atom stereocenters. The van der Waals surface area contributed by atoms with E-state index >= 15 is 0 Å². The molecule has 1 aliphatic heterocycles. The fourth-order valence-corrected chi connectivity index (χ4v) is 2.99. The lowest BCUT2D eigenvalue weighted by atomic mass is 10.2. The molecule has 0 atom stereocenters. The Bertz CT molecular complexity index is 625. The third-order valence-corrected chi connectivity index (χ3v) is 4.51. The van der Waals surface area contributed by atoms with Crippen molar-refractivity contribution in [1.82, 2.24) is 15.2 Å². The van der Waals surface area contributed by atoms with Crippen LogP contribution in [0.1, 0.15) is 11.5 Å². The Morgan fingerprint density at radius 1 is 1.00 bits per heavy atom. The number of aliphatic hydroxyl groups excluding tert-OH is 1. The quantitative estimate of drug-likeness (QED) is 0.531. The van der Waals surface area contributed by atoms with Crippen LogP contribution in [0.2, 0.25) is 0 Å². The summed E-state index contributed by atoms with van der Waals surface area (Å²) in [6, 6.07) is 3.91. The van der Waals surface area contributed by atoms with Gasteiger partial charge in [-0.1, -0.05) is 10.3 Å². The van der Waals surface area contributed by atoms with E-state index in [0.717, 1.165) is 62.8 Å². The average Bonchev–Trinajstić information content (AvgIpc) is 3.38. The number of nitrogens with zero attached hydrogens (tertiary/aromatic N) is 4. The largest absolute Gasteiger partial charge is 0.394 e. The minimum atomic E-state index is 0.0407. The van der Waals surface area contributed by atoms with Crippen LogP contribution in [0.15, 0.2) is 27.4 Å². The Labute approximate surface area is 158 Å². The minimum absolute atomic E-state index is 0.0407. The van der Waals surface area contributed by atoms with E-state index < -0.39 is 0 Å². The molecule has 1 N–H and O–H groups in total. The van der Waals surface area contributed by atoms with Crippen molar-refractivity contribution >= 4 is 5.82 Å². The predicted octanol–water partition coefficient (Wildman–Crippen LogP) is 0.595. The number of piperazine rings is 1. The summed E-state index contributed by atoms with van der Waals surface area (Å²) >= 11 is 0. The van der Waals surface area contributed by atoms with Crippen LogP contribution in [0.3, 0.4) is 0 Å². The number of ether oxygens (including phenoxy) is 2. The predicted molar refractivity (Wildman–Crippen MR) is 97.8 cm³/mol. The first-order valence-electron chi connectivity index (χ1n) is 9.43. The van der Waals surface area contributed by atoms with Gasteiger partial charge in [0.05, 0.1) is 38.7 Å². The van der Waals surface area contributed by atoms with Crippen LogP contribution in [0, 0.1) is 0 Å². The molecule has 27 heavy (non-hydrogen) atoms. The van der Waals surface area contributed by atoms with E-state index in [1.165, 1.54) is 0 Å². The van der Waals surface area contributed by atoms with Gasteiger partial charge in [0.25, 0.3) is 0 Å². The molecule has 1 fully saturated rings. The van der Waals surface area contributed by atoms with Crippen molar-refractivity contribution < 1.29 is 23.6 Å². The Balaban J connectivity index is 1.27. The van der Waals surface area contributed by atoms with Gasteiger partial charge in [-0.15, -0.1) is 0 Å². The van der Waals surface area contributed by atoms with Gasteiger partial charge in [0.15, 0.2) is 5.82 Å². The highest BCUT2D eigenvalue weighted by atomic mass is 16.5. The van der Waals surface area contributed by atoms with Crippen LogP contribution in [0.5, 0.6) is 0 Å². The van der Waals surface area contributed by atoms with Crippen LogP contribution in [0.25, 0.3) is 0 Å². The van der Waals surface area contributed by atoms with Crippen LogP contribution < -0.4 is 4.90 Å². The molecule has 0 amide bonds. The summed E-state index contributed by atoms with van der Waals surface area (Å²) in [5.74, 6) is 1.83. The highest BCUT2D eigenvalue weighted by Gasteiger charge is 2.19. The molecule has 150 valence electrons. The van der Waals surface area contributed by atoms with Crippen LogP contribution >= 0.6 is 0 Å². The van der Waals surface area contributed by atoms with Gasteiger partial charge in [0.1, 0.15) is 12.0 Å². The van der Waals surface area contributed by atoms with Gasteiger partial charge in [-0.2, -0.15) is 0 Å². The van der Waals surface area contributed by atoms with E-state index in [9.17, 15) is 0 Å².